The Bertz CT molecular complexity index is 491. The Kier molecular flexibility index (Phi) is 3.64. The van der Waals surface area contributed by atoms with E-state index in [0.717, 1.165) is 5.75 Å². The number of hydrogen-bond donors (Lipinski definition) is 1. The van der Waals surface area contributed by atoms with Crippen molar-refractivity contribution in [2.75, 3.05) is 0 Å². The minimum Gasteiger partial charge on any atom is -0.504 e. The smallest absolute Gasteiger partial charge is 0.188 e. The third kappa shape index (κ3) is 2.97. The van der Waals surface area contributed by atoms with Crippen LogP contribution in [0.15, 0.2) is 35.5 Å². The molecule has 0 spiro atoms. The summed E-state index contributed by atoms with van der Waals surface area (Å²) in [5.74, 6) is 1.03. The number of thioether (sulfide) groups is 1. The van der Waals surface area contributed by atoms with E-state index in [1.807, 2.05) is 18.2 Å². The lowest BCUT2D eigenvalue weighted by Gasteiger charge is -2.05. The van der Waals surface area contributed by atoms with E-state index in [-0.39, 0.29) is 5.75 Å². The van der Waals surface area contributed by atoms with Crippen LogP contribution in [0.3, 0.4) is 0 Å². The minimum absolute atomic E-state index is 0.189. The Morgan fingerprint density at radius 2 is 1.65 bits per heavy atom. The zero-order valence-corrected chi connectivity index (χ0v) is 10.7. The molecule has 0 fully saturated rings. The van der Waals surface area contributed by atoms with Gasteiger partial charge in [0.15, 0.2) is 10.9 Å². The van der Waals surface area contributed by atoms with Crippen LogP contribution >= 0.6 is 11.8 Å². The van der Waals surface area contributed by atoms with Gasteiger partial charge in [0.25, 0.3) is 0 Å². The fourth-order valence-corrected chi connectivity index (χ4v) is 2.36. The van der Waals surface area contributed by atoms with Gasteiger partial charge in [-0.15, -0.1) is 0 Å². The molecule has 0 radical (unpaired) electrons. The van der Waals surface area contributed by atoms with Crippen molar-refractivity contribution in [3.05, 3.63) is 47.3 Å². The van der Waals surface area contributed by atoms with E-state index in [9.17, 15) is 5.11 Å². The van der Waals surface area contributed by atoms with Crippen LogP contribution in [0.1, 0.15) is 17.0 Å². The van der Waals surface area contributed by atoms with Crippen molar-refractivity contribution in [1.29, 1.82) is 0 Å². The normalized spacial score (nSPS) is 10.5. The quantitative estimate of drug-likeness (QED) is 0.667. The van der Waals surface area contributed by atoms with Crippen LogP contribution in [-0.2, 0) is 5.75 Å². The van der Waals surface area contributed by atoms with Crippen LogP contribution < -0.4 is 0 Å². The Balaban J connectivity index is 2.10. The molecule has 0 aliphatic heterocycles. The molecule has 1 N–H and O–H groups in total. The molecular formula is C13H14N2OS. The van der Waals surface area contributed by atoms with Crippen LogP contribution in [0.2, 0.25) is 0 Å². The van der Waals surface area contributed by atoms with E-state index in [1.54, 1.807) is 25.6 Å². The summed E-state index contributed by atoms with van der Waals surface area (Å²) in [5, 5.41) is 10.3. The van der Waals surface area contributed by atoms with Gasteiger partial charge in [-0.25, -0.2) is 9.97 Å². The fourth-order valence-electron chi connectivity index (χ4n) is 1.47. The molecule has 0 aliphatic carbocycles. The molecule has 0 saturated carbocycles. The predicted molar refractivity (Wildman–Crippen MR) is 69.2 cm³/mol. The third-order valence-electron chi connectivity index (χ3n) is 2.42. The molecule has 4 heteroatoms. The molecule has 1 aromatic carbocycles. The first-order chi connectivity index (χ1) is 8.16. The second-order valence-corrected chi connectivity index (χ2v) is 4.74. The van der Waals surface area contributed by atoms with Crippen LogP contribution in [-0.4, -0.2) is 15.1 Å². The van der Waals surface area contributed by atoms with E-state index in [1.165, 1.54) is 5.56 Å². The molecule has 17 heavy (non-hydrogen) atoms. The maximum atomic E-state index is 9.58. The Morgan fingerprint density at radius 1 is 1.06 bits per heavy atom. The van der Waals surface area contributed by atoms with Crippen molar-refractivity contribution >= 4 is 11.8 Å². The highest BCUT2D eigenvalue weighted by atomic mass is 32.2. The van der Waals surface area contributed by atoms with Gasteiger partial charge in [0.05, 0.1) is 11.4 Å². The van der Waals surface area contributed by atoms with Crippen LogP contribution in [0.4, 0.5) is 0 Å². The van der Waals surface area contributed by atoms with Crippen LogP contribution in [0, 0.1) is 13.8 Å². The zero-order chi connectivity index (χ0) is 12.3. The molecule has 0 saturated heterocycles. The summed E-state index contributed by atoms with van der Waals surface area (Å²) in [6.07, 6.45) is 0. The Labute approximate surface area is 105 Å². The predicted octanol–water partition coefficient (Wildman–Crippen LogP) is 3.09. The first kappa shape index (κ1) is 11.9. The van der Waals surface area contributed by atoms with Crippen molar-refractivity contribution in [1.82, 2.24) is 9.97 Å². The molecule has 0 amide bonds. The molecule has 0 atom stereocenters. The van der Waals surface area contributed by atoms with Crippen molar-refractivity contribution in [2.45, 2.75) is 24.8 Å². The lowest BCUT2D eigenvalue weighted by molar-refractivity contribution is 0.456. The topological polar surface area (TPSA) is 46.0 Å². The molecule has 2 aromatic rings. The average Bonchev–Trinajstić information content (AvgIpc) is 2.34. The number of aromatic hydroxyl groups is 1. The van der Waals surface area contributed by atoms with Gasteiger partial charge in [-0.05, 0) is 19.4 Å². The molecule has 0 bridgehead atoms. The molecule has 1 heterocycles. The SMILES string of the molecule is Cc1nc(SCc2ccccc2)nc(C)c1O. The number of rotatable bonds is 3. The number of nitrogens with zero attached hydrogens (tertiary/aromatic N) is 2. The average molecular weight is 246 g/mol. The van der Waals surface area contributed by atoms with E-state index in [0.29, 0.717) is 16.5 Å². The molecule has 88 valence electrons. The van der Waals surface area contributed by atoms with Gasteiger partial charge < -0.3 is 5.11 Å². The van der Waals surface area contributed by atoms with E-state index < -0.39 is 0 Å². The summed E-state index contributed by atoms with van der Waals surface area (Å²) in [4.78, 5) is 8.50. The Hall–Kier alpha value is -1.55. The maximum Gasteiger partial charge on any atom is 0.188 e. The summed E-state index contributed by atoms with van der Waals surface area (Å²) < 4.78 is 0. The summed E-state index contributed by atoms with van der Waals surface area (Å²) >= 11 is 1.58. The number of aryl methyl sites for hydroxylation is 2. The Morgan fingerprint density at radius 3 is 2.24 bits per heavy atom. The van der Waals surface area contributed by atoms with E-state index in [4.69, 9.17) is 0 Å². The third-order valence-corrected chi connectivity index (χ3v) is 3.34. The van der Waals surface area contributed by atoms with Gasteiger partial charge in [-0.2, -0.15) is 0 Å². The van der Waals surface area contributed by atoms with Gasteiger partial charge in [0.2, 0.25) is 0 Å². The van der Waals surface area contributed by atoms with E-state index in [2.05, 4.69) is 22.1 Å². The van der Waals surface area contributed by atoms with Gasteiger partial charge in [0, 0.05) is 5.75 Å². The van der Waals surface area contributed by atoms with Crippen molar-refractivity contribution in [3.8, 4) is 5.75 Å². The number of benzene rings is 1. The zero-order valence-electron chi connectivity index (χ0n) is 9.84. The fraction of sp³-hybridized carbons (Fsp3) is 0.231. The molecular weight excluding hydrogens is 232 g/mol. The minimum atomic E-state index is 0.189. The second kappa shape index (κ2) is 5.19. The molecule has 0 unspecified atom stereocenters. The maximum absolute atomic E-state index is 9.58. The van der Waals surface area contributed by atoms with Crippen molar-refractivity contribution < 1.29 is 5.11 Å². The summed E-state index contributed by atoms with van der Waals surface area (Å²) in [7, 11) is 0. The van der Waals surface area contributed by atoms with Crippen LogP contribution in [0.5, 0.6) is 5.75 Å². The highest BCUT2D eigenvalue weighted by molar-refractivity contribution is 7.98. The highest BCUT2D eigenvalue weighted by Crippen LogP contribution is 2.24. The lowest BCUT2D eigenvalue weighted by atomic mass is 10.2. The van der Waals surface area contributed by atoms with E-state index >= 15 is 0 Å². The largest absolute Gasteiger partial charge is 0.504 e. The van der Waals surface area contributed by atoms with Gasteiger partial charge in [-0.3, -0.25) is 0 Å². The highest BCUT2D eigenvalue weighted by Gasteiger charge is 2.07. The van der Waals surface area contributed by atoms with Crippen molar-refractivity contribution in [3.63, 3.8) is 0 Å². The lowest BCUT2D eigenvalue weighted by Crippen LogP contribution is -1.94. The molecule has 1 aromatic heterocycles. The van der Waals surface area contributed by atoms with Gasteiger partial charge >= 0.3 is 0 Å². The van der Waals surface area contributed by atoms with Crippen LogP contribution in [0.25, 0.3) is 0 Å². The molecule has 0 aliphatic rings. The summed E-state index contributed by atoms with van der Waals surface area (Å²) in [6.45, 7) is 3.58. The molecule has 2 rings (SSSR count). The van der Waals surface area contributed by atoms with Gasteiger partial charge in [0.1, 0.15) is 0 Å². The summed E-state index contributed by atoms with van der Waals surface area (Å²) in [5.41, 5.74) is 2.51. The monoisotopic (exact) mass is 246 g/mol. The number of hydrogen-bond acceptors (Lipinski definition) is 4. The first-order valence-electron chi connectivity index (χ1n) is 5.38. The standard InChI is InChI=1S/C13H14N2OS/c1-9-12(16)10(2)15-13(14-9)17-8-11-6-4-3-5-7-11/h3-7,16H,8H2,1-2H3. The summed E-state index contributed by atoms with van der Waals surface area (Å²) in [6, 6.07) is 10.2. The number of aromatic nitrogens is 2. The van der Waals surface area contributed by atoms with Gasteiger partial charge in [-0.1, -0.05) is 42.1 Å². The molecule has 3 nitrogen and oxygen atoms in total. The first-order valence-corrected chi connectivity index (χ1v) is 6.36. The van der Waals surface area contributed by atoms with Crippen molar-refractivity contribution in [2.24, 2.45) is 0 Å². The second-order valence-electron chi connectivity index (χ2n) is 3.80.